The first-order valence-corrected chi connectivity index (χ1v) is 18.8. The van der Waals surface area contributed by atoms with Gasteiger partial charge in [-0.15, -0.1) is 0 Å². The number of piperidine rings is 1. The first kappa shape index (κ1) is 38.7. The second-order valence-corrected chi connectivity index (χ2v) is 14.2. The third-order valence-corrected chi connectivity index (χ3v) is 10.3. The van der Waals surface area contributed by atoms with Gasteiger partial charge in [-0.2, -0.15) is 5.10 Å². The molecule has 1 unspecified atom stereocenters. The lowest BCUT2D eigenvalue weighted by molar-refractivity contribution is -0.136. The third kappa shape index (κ3) is 8.51. The maximum atomic E-state index is 13.2. The van der Waals surface area contributed by atoms with E-state index in [-0.39, 0.29) is 29.7 Å². The molecule has 0 bridgehead atoms. The van der Waals surface area contributed by atoms with E-state index in [1.165, 1.54) is 0 Å². The molecule has 2 aliphatic heterocycles. The third-order valence-electron chi connectivity index (χ3n) is 9.88. The number of aromatic hydroxyl groups is 1. The molecule has 1 atom stereocenters. The molecule has 284 valence electrons. The molecule has 12 nitrogen and oxygen atoms in total. The predicted molar refractivity (Wildman–Crippen MR) is 206 cm³/mol. The summed E-state index contributed by atoms with van der Waals surface area (Å²) in [6.45, 7) is 6.18. The van der Waals surface area contributed by atoms with Crippen LogP contribution in [0.15, 0.2) is 54.6 Å². The number of hydrogen-bond donors (Lipinski definition) is 3. The highest BCUT2D eigenvalue weighted by Crippen LogP contribution is 2.42. The minimum Gasteiger partial charge on any atom is -0.507 e. The van der Waals surface area contributed by atoms with Crippen LogP contribution in [0, 0.1) is 13.8 Å². The van der Waals surface area contributed by atoms with E-state index in [1.807, 2.05) is 51.2 Å². The second-order valence-electron chi connectivity index (χ2n) is 13.7. The van der Waals surface area contributed by atoms with Crippen molar-refractivity contribution in [3.05, 3.63) is 87.6 Å². The van der Waals surface area contributed by atoms with Crippen molar-refractivity contribution in [3.8, 4) is 28.1 Å². The normalized spacial score (nSPS) is 15.6. The second kappa shape index (κ2) is 17.4. The Morgan fingerprint density at radius 3 is 2.41 bits per heavy atom. The number of nitrogens with one attached hydrogen (secondary N) is 2. The number of phenols is 1. The van der Waals surface area contributed by atoms with Crippen LogP contribution in [-0.2, 0) is 32.5 Å². The monoisotopic (exact) mass is 755 g/mol. The molecule has 1 aromatic heterocycles. The molecular formula is C41H46ClN5O7. The molecule has 54 heavy (non-hydrogen) atoms. The molecule has 0 saturated carbocycles. The predicted octanol–water partition coefficient (Wildman–Crippen LogP) is 6.38. The van der Waals surface area contributed by atoms with Gasteiger partial charge in [0, 0.05) is 48.5 Å². The number of phenolic OH excluding ortho intramolecular Hbond substituents is 1. The Balaban J connectivity index is 0.897. The summed E-state index contributed by atoms with van der Waals surface area (Å²) in [5.74, 6) is -1.89. The lowest BCUT2D eigenvalue weighted by Gasteiger charge is -2.27. The van der Waals surface area contributed by atoms with E-state index < -0.39 is 29.7 Å². The topological polar surface area (TPSA) is 152 Å². The van der Waals surface area contributed by atoms with Gasteiger partial charge >= 0.3 is 0 Å². The number of halogens is 1. The van der Waals surface area contributed by atoms with Crippen molar-refractivity contribution >= 4 is 40.9 Å². The Labute approximate surface area is 319 Å². The number of ether oxygens (including phenoxy) is 2. The molecule has 3 heterocycles. The zero-order valence-electron chi connectivity index (χ0n) is 30.9. The summed E-state index contributed by atoms with van der Waals surface area (Å²) in [6, 6.07) is 15.9. The van der Waals surface area contributed by atoms with E-state index in [2.05, 4.69) is 21.8 Å². The quantitative estimate of drug-likeness (QED) is 0.0824. The van der Waals surface area contributed by atoms with E-state index in [9.17, 15) is 24.3 Å². The Kier molecular flexibility index (Phi) is 12.5. The highest BCUT2D eigenvalue weighted by atomic mass is 35.5. The minimum absolute atomic E-state index is 0.0691. The maximum Gasteiger partial charge on any atom is 0.264 e. The van der Waals surface area contributed by atoms with Crippen LogP contribution < -0.4 is 10.6 Å². The SMILES string of the molecule is Cc1cc(-c2ccc(CCCCCCOCCOCCNc3cccc4c3C(=O)N(C3CCC(=O)NC3=O)C4=O)c(-c3ccc(Cl)c(C)c3)c2O)n(C)n1. The Hall–Kier alpha value is -5.04. The van der Waals surface area contributed by atoms with Gasteiger partial charge in [-0.05, 0) is 92.6 Å². The summed E-state index contributed by atoms with van der Waals surface area (Å²) >= 11 is 6.34. The van der Waals surface area contributed by atoms with E-state index in [1.54, 1.807) is 22.9 Å². The molecule has 4 amide bonds. The Morgan fingerprint density at radius 2 is 1.67 bits per heavy atom. The van der Waals surface area contributed by atoms with Crippen LogP contribution in [0.2, 0.25) is 5.02 Å². The smallest absolute Gasteiger partial charge is 0.264 e. The van der Waals surface area contributed by atoms with Gasteiger partial charge in [-0.3, -0.25) is 34.1 Å². The molecule has 1 fully saturated rings. The van der Waals surface area contributed by atoms with Crippen LogP contribution in [0.3, 0.4) is 0 Å². The number of hydrogen-bond acceptors (Lipinski definition) is 9. The van der Waals surface area contributed by atoms with Crippen molar-refractivity contribution in [1.29, 1.82) is 0 Å². The average Bonchev–Trinajstić information content (AvgIpc) is 3.61. The van der Waals surface area contributed by atoms with E-state index in [0.29, 0.717) is 43.7 Å². The van der Waals surface area contributed by atoms with Gasteiger partial charge in [-0.1, -0.05) is 42.6 Å². The number of benzene rings is 3. The van der Waals surface area contributed by atoms with Crippen LogP contribution in [0.4, 0.5) is 5.69 Å². The van der Waals surface area contributed by atoms with Gasteiger partial charge in [-0.25, -0.2) is 0 Å². The number of fused-ring (bicyclic) bond motifs is 1. The Bertz CT molecular complexity index is 2060. The summed E-state index contributed by atoms with van der Waals surface area (Å²) in [4.78, 5) is 51.1. The molecule has 13 heteroatoms. The largest absolute Gasteiger partial charge is 0.507 e. The average molecular weight is 756 g/mol. The fraction of sp³-hybridized carbons (Fsp3) is 0.390. The fourth-order valence-electron chi connectivity index (χ4n) is 7.15. The summed E-state index contributed by atoms with van der Waals surface area (Å²) in [7, 11) is 1.88. The Morgan fingerprint density at radius 1 is 0.889 bits per heavy atom. The number of imide groups is 2. The molecule has 2 aliphatic rings. The van der Waals surface area contributed by atoms with Gasteiger partial charge in [0.15, 0.2) is 0 Å². The molecule has 0 radical (unpaired) electrons. The summed E-state index contributed by atoms with van der Waals surface area (Å²) in [5, 5.41) is 22.1. The fourth-order valence-corrected chi connectivity index (χ4v) is 7.27. The van der Waals surface area contributed by atoms with Gasteiger partial charge in [0.25, 0.3) is 11.8 Å². The molecule has 3 N–H and O–H groups in total. The molecule has 6 rings (SSSR count). The first-order valence-electron chi connectivity index (χ1n) is 18.4. The molecule has 1 saturated heterocycles. The number of amides is 4. The van der Waals surface area contributed by atoms with Gasteiger partial charge in [0.1, 0.15) is 11.8 Å². The summed E-state index contributed by atoms with van der Waals surface area (Å²) in [6.07, 6.45) is 4.94. The summed E-state index contributed by atoms with van der Waals surface area (Å²) in [5.41, 5.74) is 7.24. The number of nitrogens with zero attached hydrogens (tertiary/aromatic N) is 3. The number of unbranched alkanes of at least 4 members (excludes halogenated alkanes) is 3. The van der Waals surface area contributed by atoms with Gasteiger partial charge in [0.05, 0.1) is 42.3 Å². The van der Waals surface area contributed by atoms with E-state index in [4.69, 9.17) is 21.1 Å². The van der Waals surface area contributed by atoms with Crippen LogP contribution in [0.5, 0.6) is 5.75 Å². The minimum atomic E-state index is -1.01. The number of aromatic nitrogens is 2. The highest BCUT2D eigenvalue weighted by molar-refractivity contribution is 6.31. The van der Waals surface area contributed by atoms with Gasteiger partial charge in [0.2, 0.25) is 11.8 Å². The van der Waals surface area contributed by atoms with Crippen molar-refractivity contribution in [1.82, 2.24) is 20.0 Å². The van der Waals surface area contributed by atoms with Crippen molar-refractivity contribution in [2.45, 2.75) is 64.8 Å². The van der Waals surface area contributed by atoms with Gasteiger partial charge < -0.3 is 19.9 Å². The number of aryl methyl sites for hydroxylation is 4. The van der Waals surface area contributed by atoms with Crippen LogP contribution in [0.25, 0.3) is 22.4 Å². The molecule has 4 aromatic rings. The molecule has 0 spiro atoms. The number of carbonyl (C=O) groups is 4. The van der Waals surface area contributed by atoms with Crippen LogP contribution in [0.1, 0.15) is 76.1 Å². The summed E-state index contributed by atoms with van der Waals surface area (Å²) < 4.78 is 13.3. The van der Waals surface area contributed by atoms with Crippen LogP contribution >= 0.6 is 11.6 Å². The standard InChI is InChI=1S/C41H46ClN5O7/c1-25-23-28(13-15-31(25)42)36-27(12-14-29(38(36)49)34-24-26(2)45-46(34)3)9-6-4-5-7-19-53-21-22-54-20-18-43-32-11-8-10-30-37(32)41(52)47(40(30)51)33-16-17-35(48)44-39(33)50/h8,10-15,23-24,33,43,49H,4-7,9,16-22H2,1-3H3,(H,44,48,50). The van der Waals surface area contributed by atoms with Crippen molar-refractivity contribution in [2.75, 3.05) is 38.3 Å². The number of carbonyl (C=O) groups excluding carboxylic acids is 4. The van der Waals surface area contributed by atoms with Crippen LogP contribution in [-0.4, -0.2) is 82.4 Å². The lowest BCUT2D eigenvalue weighted by Crippen LogP contribution is -2.54. The highest BCUT2D eigenvalue weighted by Gasteiger charge is 2.45. The number of anilines is 1. The molecule has 3 aromatic carbocycles. The number of rotatable bonds is 17. The van der Waals surface area contributed by atoms with E-state index >= 15 is 0 Å². The molecular weight excluding hydrogens is 710 g/mol. The van der Waals surface area contributed by atoms with E-state index in [0.717, 1.165) is 76.2 Å². The maximum absolute atomic E-state index is 13.2. The zero-order valence-corrected chi connectivity index (χ0v) is 31.6. The van der Waals surface area contributed by atoms with Crippen molar-refractivity contribution in [3.63, 3.8) is 0 Å². The molecule has 0 aliphatic carbocycles. The van der Waals surface area contributed by atoms with Crippen molar-refractivity contribution in [2.24, 2.45) is 7.05 Å². The van der Waals surface area contributed by atoms with Crippen molar-refractivity contribution < 1.29 is 33.8 Å². The zero-order chi connectivity index (χ0) is 38.4. The lowest BCUT2D eigenvalue weighted by atomic mass is 9.91. The first-order chi connectivity index (χ1) is 26.0.